The molecule has 0 saturated heterocycles. The van der Waals surface area contributed by atoms with E-state index in [1.165, 1.54) is 0 Å². The third kappa shape index (κ3) is 2.87. The Hall–Kier alpha value is -1.88. The summed E-state index contributed by atoms with van der Waals surface area (Å²) in [6, 6.07) is 8.14. The highest BCUT2D eigenvalue weighted by Crippen LogP contribution is 2.25. The van der Waals surface area contributed by atoms with Gasteiger partial charge in [-0.25, -0.2) is 0 Å². The lowest BCUT2D eigenvalue weighted by Crippen LogP contribution is -2.13. The van der Waals surface area contributed by atoms with E-state index in [2.05, 4.69) is 22.4 Å². The lowest BCUT2D eigenvalue weighted by atomic mass is 10.1. The summed E-state index contributed by atoms with van der Waals surface area (Å²) < 4.78 is 10.7. The summed E-state index contributed by atoms with van der Waals surface area (Å²) in [5.41, 5.74) is 1.11. The number of hydrogen-bond donors (Lipinski definition) is 1. The van der Waals surface area contributed by atoms with Gasteiger partial charge in [0.05, 0.1) is 0 Å². The maximum Gasteiger partial charge on any atom is 0.264 e. The van der Waals surface area contributed by atoms with Gasteiger partial charge in [0.1, 0.15) is 5.75 Å². The van der Waals surface area contributed by atoms with Crippen molar-refractivity contribution < 1.29 is 9.26 Å². The van der Waals surface area contributed by atoms with E-state index in [-0.39, 0.29) is 12.6 Å². The largest absolute Gasteiger partial charge is 0.483 e. The molecule has 1 aromatic carbocycles. The Balaban J connectivity index is 2.09. The summed E-state index contributed by atoms with van der Waals surface area (Å²) in [5.74, 6) is 1.93. The quantitative estimate of drug-likeness (QED) is 0.878. The summed E-state index contributed by atoms with van der Waals surface area (Å²) >= 11 is 0. The first-order chi connectivity index (χ1) is 8.70. The van der Waals surface area contributed by atoms with Crippen LogP contribution in [-0.2, 0) is 6.61 Å². The molecule has 96 valence electrons. The maximum atomic E-state index is 5.72. The molecule has 0 aliphatic rings. The topological polar surface area (TPSA) is 60.2 Å². The predicted molar refractivity (Wildman–Crippen MR) is 67.3 cm³/mol. The van der Waals surface area contributed by atoms with Crippen molar-refractivity contribution in [2.24, 2.45) is 0 Å². The summed E-state index contributed by atoms with van der Waals surface area (Å²) in [4.78, 5) is 4.10. The maximum absolute atomic E-state index is 5.72. The fourth-order valence-corrected chi connectivity index (χ4v) is 1.66. The summed E-state index contributed by atoms with van der Waals surface area (Å²) in [6.45, 7) is 4.15. The number of para-hydroxylation sites is 1. The van der Waals surface area contributed by atoms with Gasteiger partial charge in [0.25, 0.3) is 5.89 Å². The number of nitrogens with one attached hydrogen (secondary N) is 1. The smallest absolute Gasteiger partial charge is 0.264 e. The number of nitrogens with zero attached hydrogens (tertiary/aromatic N) is 2. The van der Waals surface area contributed by atoms with Gasteiger partial charge in [0.2, 0.25) is 0 Å². The second-order valence-corrected chi connectivity index (χ2v) is 4.07. The Labute approximate surface area is 106 Å². The lowest BCUT2D eigenvalue weighted by Gasteiger charge is -2.15. The molecule has 1 N–H and O–H groups in total. The van der Waals surface area contributed by atoms with Gasteiger partial charge in [-0.2, -0.15) is 4.98 Å². The minimum atomic E-state index is 0.227. The van der Waals surface area contributed by atoms with Crippen LogP contribution in [0.25, 0.3) is 0 Å². The van der Waals surface area contributed by atoms with Crippen molar-refractivity contribution in [1.29, 1.82) is 0 Å². The molecule has 1 heterocycles. The van der Waals surface area contributed by atoms with Crippen LogP contribution in [0.2, 0.25) is 0 Å². The molecule has 0 aliphatic carbocycles. The van der Waals surface area contributed by atoms with Crippen molar-refractivity contribution in [2.75, 3.05) is 7.05 Å². The van der Waals surface area contributed by atoms with Gasteiger partial charge in [-0.15, -0.1) is 0 Å². The molecule has 1 aromatic heterocycles. The van der Waals surface area contributed by atoms with Crippen LogP contribution in [0.3, 0.4) is 0 Å². The zero-order chi connectivity index (χ0) is 13.0. The highest BCUT2D eigenvalue weighted by Gasteiger charge is 2.10. The van der Waals surface area contributed by atoms with Gasteiger partial charge in [-0.3, -0.25) is 0 Å². The number of hydrogen-bond acceptors (Lipinski definition) is 5. The zero-order valence-corrected chi connectivity index (χ0v) is 10.8. The monoisotopic (exact) mass is 247 g/mol. The van der Waals surface area contributed by atoms with Crippen LogP contribution < -0.4 is 10.1 Å². The summed E-state index contributed by atoms with van der Waals surface area (Å²) in [6.07, 6.45) is 0. The fraction of sp³-hybridized carbons (Fsp3) is 0.385. The highest BCUT2D eigenvalue weighted by atomic mass is 16.5. The molecule has 1 unspecified atom stereocenters. The Kier molecular flexibility index (Phi) is 3.94. The van der Waals surface area contributed by atoms with Crippen molar-refractivity contribution in [2.45, 2.75) is 26.5 Å². The fourth-order valence-electron chi connectivity index (χ4n) is 1.66. The molecule has 0 bridgehead atoms. The van der Waals surface area contributed by atoms with Crippen LogP contribution in [0.1, 0.15) is 30.2 Å². The number of aryl methyl sites for hydroxylation is 1. The molecule has 2 aromatic rings. The predicted octanol–water partition coefficient (Wildman–Crippen LogP) is 2.24. The lowest BCUT2D eigenvalue weighted by molar-refractivity contribution is 0.239. The Morgan fingerprint density at radius 1 is 1.39 bits per heavy atom. The Bertz CT molecular complexity index is 510. The van der Waals surface area contributed by atoms with Gasteiger partial charge in [-0.1, -0.05) is 23.4 Å². The SMILES string of the molecule is CNC(C)c1ccccc1OCc1nc(C)no1. The van der Waals surface area contributed by atoms with Crippen LogP contribution >= 0.6 is 0 Å². The number of benzene rings is 1. The second-order valence-electron chi connectivity index (χ2n) is 4.07. The molecule has 5 nitrogen and oxygen atoms in total. The number of ether oxygens (including phenoxy) is 1. The summed E-state index contributed by atoms with van der Waals surface area (Å²) in [5, 5.41) is 6.92. The number of rotatable bonds is 5. The van der Waals surface area contributed by atoms with E-state index in [4.69, 9.17) is 9.26 Å². The molecule has 2 rings (SSSR count). The summed E-state index contributed by atoms with van der Waals surface area (Å²) in [7, 11) is 1.92. The van der Waals surface area contributed by atoms with Crippen molar-refractivity contribution >= 4 is 0 Å². The van der Waals surface area contributed by atoms with E-state index in [9.17, 15) is 0 Å². The van der Waals surface area contributed by atoms with Gasteiger partial charge in [0.15, 0.2) is 12.4 Å². The van der Waals surface area contributed by atoms with Crippen LogP contribution in [0, 0.1) is 6.92 Å². The Morgan fingerprint density at radius 2 is 2.17 bits per heavy atom. The van der Waals surface area contributed by atoms with Crippen molar-refractivity contribution in [1.82, 2.24) is 15.5 Å². The Morgan fingerprint density at radius 3 is 2.83 bits per heavy atom. The average molecular weight is 247 g/mol. The standard InChI is InChI=1S/C13H17N3O2/c1-9(14-3)11-6-4-5-7-12(11)17-8-13-15-10(2)16-18-13/h4-7,9,14H,8H2,1-3H3. The molecule has 0 radical (unpaired) electrons. The van der Waals surface area contributed by atoms with Crippen LogP contribution in [0.5, 0.6) is 5.75 Å². The van der Waals surface area contributed by atoms with Gasteiger partial charge in [-0.05, 0) is 27.0 Å². The van der Waals surface area contributed by atoms with E-state index in [0.29, 0.717) is 11.7 Å². The van der Waals surface area contributed by atoms with E-state index < -0.39 is 0 Å². The number of aromatic nitrogens is 2. The van der Waals surface area contributed by atoms with Crippen LogP contribution in [0.15, 0.2) is 28.8 Å². The first kappa shape index (κ1) is 12.6. The van der Waals surface area contributed by atoms with Crippen molar-refractivity contribution in [3.05, 3.63) is 41.5 Å². The van der Waals surface area contributed by atoms with Gasteiger partial charge in [0, 0.05) is 11.6 Å². The third-order valence-electron chi connectivity index (χ3n) is 2.74. The average Bonchev–Trinajstić information content (AvgIpc) is 2.81. The van der Waals surface area contributed by atoms with Crippen molar-refractivity contribution in [3.8, 4) is 5.75 Å². The molecule has 0 saturated carbocycles. The minimum absolute atomic E-state index is 0.227. The minimum Gasteiger partial charge on any atom is -0.483 e. The first-order valence-corrected chi connectivity index (χ1v) is 5.89. The van der Waals surface area contributed by atoms with E-state index in [1.807, 2.05) is 31.3 Å². The molecule has 1 atom stereocenters. The van der Waals surface area contributed by atoms with Gasteiger partial charge >= 0.3 is 0 Å². The highest BCUT2D eigenvalue weighted by molar-refractivity contribution is 5.35. The third-order valence-corrected chi connectivity index (χ3v) is 2.74. The normalized spacial score (nSPS) is 12.4. The molecule has 0 spiro atoms. The molecule has 0 aliphatic heterocycles. The van der Waals surface area contributed by atoms with E-state index in [0.717, 1.165) is 11.3 Å². The van der Waals surface area contributed by atoms with Crippen molar-refractivity contribution in [3.63, 3.8) is 0 Å². The second kappa shape index (κ2) is 5.64. The van der Waals surface area contributed by atoms with E-state index in [1.54, 1.807) is 6.92 Å². The van der Waals surface area contributed by atoms with E-state index >= 15 is 0 Å². The zero-order valence-electron chi connectivity index (χ0n) is 10.8. The van der Waals surface area contributed by atoms with Gasteiger partial charge < -0.3 is 14.6 Å². The molecule has 0 amide bonds. The molecular formula is C13H17N3O2. The molecular weight excluding hydrogens is 230 g/mol. The first-order valence-electron chi connectivity index (χ1n) is 5.89. The molecule has 0 fully saturated rings. The molecule has 18 heavy (non-hydrogen) atoms. The van der Waals surface area contributed by atoms with Crippen LogP contribution in [0.4, 0.5) is 0 Å². The van der Waals surface area contributed by atoms with Crippen LogP contribution in [-0.4, -0.2) is 17.2 Å². The molecule has 5 heteroatoms.